The second-order valence-corrected chi connectivity index (χ2v) is 7.56. The summed E-state index contributed by atoms with van der Waals surface area (Å²) < 4.78 is 18.3. The van der Waals surface area contributed by atoms with Gasteiger partial charge in [0.25, 0.3) is 5.91 Å². The molecule has 0 atom stereocenters. The second kappa shape index (κ2) is 7.55. The van der Waals surface area contributed by atoms with Gasteiger partial charge in [0.1, 0.15) is 5.82 Å². The first-order valence-corrected chi connectivity index (χ1v) is 9.19. The van der Waals surface area contributed by atoms with Gasteiger partial charge in [-0.25, -0.2) is 4.39 Å². The van der Waals surface area contributed by atoms with Crippen LogP contribution in [0, 0.1) is 18.2 Å². The minimum atomic E-state index is -0.972. The van der Waals surface area contributed by atoms with E-state index in [0.717, 1.165) is 16.0 Å². The fraction of sp³-hybridized carbons (Fsp3) is 0.368. The Morgan fingerprint density at radius 2 is 1.92 bits per heavy atom. The van der Waals surface area contributed by atoms with Crippen LogP contribution in [-0.2, 0) is 9.53 Å². The van der Waals surface area contributed by atoms with Gasteiger partial charge in [-0.05, 0) is 49.1 Å². The van der Waals surface area contributed by atoms with Gasteiger partial charge in [-0.3, -0.25) is 9.59 Å². The second-order valence-electron chi connectivity index (χ2n) is 6.51. The summed E-state index contributed by atoms with van der Waals surface area (Å²) >= 11 is 1.31. The maximum Gasteiger partial charge on any atom is 0.311 e. The van der Waals surface area contributed by atoms with Crippen LogP contribution in [0.25, 0.3) is 10.4 Å². The number of amides is 1. The average Bonchev–Trinajstić information content (AvgIpc) is 3.03. The van der Waals surface area contributed by atoms with Gasteiger partial charge in [-0.15, -0.1) is 11.3 Å². The molecule has 0 unspecified atom stereocenters. The number of carboxylic acids is 1. The van der Waals surface area contributed by atoms with Crippen LogP contribution in [0.4, 0.5) is 4.39 Å². The third kappa shape index (κ3) is 3.78. The summed E-state index contributed by atoms with van der Waals surface area (Å²) in [6, 6.07) is 7.90. The molecule has 7 heteroatoms. The van der Waals surface area contributed by atoms with Crippen LogP contribution in [-0.4, -0.2) is 36.7 Å². The summed E-state index contributed by atoms with van der Waals surface area (Å²) in [4.78, 5) is 25.6. The van der Waals surface area contributed by atoms with Gasteiger partial charge in [0.05, 0.1) is 10.3 Å². The Bertz CT molecular complexity index is 809. The largest absolute Gasteiger partial charge is 0.481 e. The van der Waals surface area contributed by atoms with E-state index in [1.807, 2.05) is 6.92 Å². The van der Waals surface area contributed by atoms with Crippen molar-refractivity contribution in [2.24, 2.45) is 5.41 Å². The van der Waals surface area contributed by atoms with E-state index < -0.39 is 11.4 Å². The van der Waals surface area contributed by atoms with E-state index in [0.29, 0.717) is 30.9 Å². The normalized spacial score (nSPS) is 16.2. The highest BCUT2D eigenvalue weighted by molar-refractivity contribution is 7.17. The molecule has 1 aromatic heterocycles. The minimum Gasteiger partial charge on any atom is -0.481 e. The van der Waals surface area contributed by atoms with E-state index in [-0.39, 0.29) is 18.3 Å². The summed E-state index contributed by atoms with van der Waals surface area (Å²) in [5, 5.41) is 12.3. The van der Waals surface area contributed by atoms with Crippen molar-refractivity contribution in [1.29, 1.82) is 0 Å². The molecule has 0 aliphatic carbocycles. The summed E-state index contributed by atoms with van der Waals surface area (Å²) in [7, 11) is 0. The number of carbonyl (C=O) groups excluding carboxylic acids is 1. The van der Waals surface area contributed by atoms with Crippen molar-refractivity contribution in [2.45, 2.75) is 19.8 Å². The molecule has 1 fully saturated rings. The lowest BCUT2D eigenvalue weighted by atomic mass is 9.80. The first-order valence-electron chi connectivity index (χ1n) is 8.37. The molecule has 0 saturated carbocycles. The van der Waals surface area contributed by atoms with E-state index >= 15 is 0 Å². The van der Waals surface area contributed by atoms with Crippen molar-refractivity contribution in [3.63, 3.8) is 0 Å². The third-order valence-corrected chi connectivity index (χ3v) is 6.02. The van der Waals surface area contributed by atoms with Crippen LogP contribution < -0.4 is 5.32 Å². The molecular weight excluding hydrogens is 357 g/mol. The van der Waals surface area contributed by atoms with Crippen molar-refractivity contribution in [1.82, 2.24) is 5.32 Å². The minimum absolute atomic E-state index is 0.0767. The third-order valence-electron chi connectivity index (χ3n) is 4.74. The Morgan fingerprint density at radius 3 is 2.54 bits per heavy atom. The van der Waals surface area contributed by atoms with Gasteiger partial charge < -0.3 is 15.2 Å². The first kappa shape index (κ1) is 18.5. The quantitative estimate of drug-likeness (QED) is 0.837. The maximum atomic E-state index is 13.1. The average molecular weight is 377 g/mol. The van der Waals surface area contributed by atoms with E-state index in [2.05, 4.69) is 5.32 Å². The highest BCUT2D eigenvalue weighted by Gasteiger charge is 2.40. The van der Waals surface area contributed by atoms with Crippen molar-refractivity contribution in [3.8, 4) is 10.4 Å². The Morgan fingerprint density at radius 1 is 1.27 bits per heavy atom. The number of aliphatic carboxylic acids is 1. The van der Waals surface area contributed by atoms with Crippen LogP contribution in [0.2, 0.25) is 0 Å². The molecule has 1 aromatic carbocycles. The molecule has 26 heavy (non-hydrogen) atoms. The van der Waals surface area contributed by atoms with E-state index in [9.17, 15) is 19.1 Å². The molecule has 2 heterocycles. The van der Waals surface area contributed by atoms with Crippen LogP contribution in [0.1, 0.15) is 28.1 Å². The van der Waals surface area contributed by atoms with Crippen molar-refractivity contribution >= 4 is 23.2 Å². The van der Waals surface area contributed by atoms with Crippen molar-refractivity contribution in [2.75, 3.05) is 19.8 Å². The fourth-order valence-corrected chi connectivity index (χ4v) is 4.14. The van der Waals surface area contributed by atoms with Crippen molar-refractivity contribution in [3.05, 3.63) is 46.6 Å². The van der Waals surface area contributed by atoms with Gasteiger partial charge in [0.15, 0.2) is 0 Å². The number of hydrogen-bond acceptors (Lipinski definition) is 4. The molecule has 0 bridgehead atoms. The number of hydrogen-bond donors (Lipinski definition) is 2. The molecule has 5 nitrogen and oxygen atoms in total. The number of carbonyl (C=O) groups is 2. The number of ether oxygens (including phenoxy) is 1. The molecule has 1 aliphatic heterocycles. The number of nitrogens with one attached hydrogen (secondary N) is 1. The van der Waals surface area contributed by atoms with Crippen LogP contribution in [0.3, 0.4) is 0 Å². The number of thiophene rings is 1. The lowest BCUT2D eigenvalue weighted by Gasteiger charge is -2.33. The summed E-state index contributed by atoms with van der Waals surface area (Å²) in [6.07, 6.45) is 0.764. The molecule has 2 aromatic rings. The van der Waals surface area contributed by atoms with Crippen LogP contribution >= 0.6 is 11.3 Å². The van der Waals surface area contributed by atoms with Crippen LogP contribution in [0.15, 0.2) is 30.3 Å². The molecule has 1 amide bonds. The van der Waals surface area contributed by atoms with Gasteiger partial charge in [-0.1, -0.05) is 12.1 Å². The Hall–Kier alpha value is -2.25. The molecule has 1 aliphatic rings. The van der Waals surface area contributed by atoms with E-state index in [1.54, 1.807) is 18.2 Å². The Kier molecular flexibility index (Phi) is 5.38. The number of aryl methyl sites for hydroxylation is 1. The van der Waals surface area contributed by atoms with Gasteiger partial charge in [0.2, 0.25) is 0 Å². The zero-order valence-electron chi connectivity index (χ0n) is 14.4. The molecule has 1 saturated heterocycles. The predicted octanol–water partition coefficient (Wildman–Crippen LogP) is 3.47. The smallest absolute Gasteiger partial charge is 0.311 e. The first-order chi connectivity index (χ1) is 12.4. The van der Waals surface area contributed by atoms with Gasteiger partial charge in [-0.2, -0.15) is 0 Å². The van der Waals surface area contributed by atoms with E-state index in [4.69, 9.17) is 4.74 Å². The highest BCUT2D eigenvalue weighted by Crippen LogP contribution is 2.33. The fourth-order valence-electron chi connectivity index (χ4n) is 3.05. The monoisotopic (exact) mass is 377 g/mol. The maximum absolute atomic E-state index is 13.1. The molecule has 2 N–H and O–H groups in total. The van der Waals surface area contributed by atoms with Gasteiger partial charge in [0, 0.05) is 24.6 Å². The topological polar surface area (TPSA) is 75.6 Å². The zero-order chi connectivity index (χ0) is 18.7. The molecule has 0 spiro atoms. The zero-order valence-corrected chi connectivity index (χ0v) is 15.2. The molecule has 3 rings (SSSR count). The van der Waals surface area contributed by atoms with Crippen molar-refractivity contribution < 1.29 is 23.8 Å². The number of carboxylic acid groups (broad SMARTS) is 1. The molecular formula is C19H20FNO4S. The predicted molar refractivity (Wildman–Crippen MR) is 96.9 cm³/mol. The number of halogens is 1. The Balaban J connectivity index is 1.73. The molecule has 0 radical (unpaired) electrons. The van der Waals surface area contributed by atoms with Gasteiger partial charge >= 0.3 is 5.97 Å². The molecule has 138 valence electrons. The highest BCUT2D eigenvalue weighted by atomic mass is 32.1. The number of benzene rings is 1. The SMILES string of the molecule is Cc1cc(C(=O)NCC2(C(=O)O)CCOCC2)sc1-c1ccc(F)cc1. The summed E-state index contributed by atoms with van der Waals surface area (Å²) in [5.41, 5.74) is 0.796. The Labute approximate surface area is 154 Å². The van der Waals surface area contributed by atoms with Crippen LogP contribution in [0.5, 0.6) is 0 Å². The standard InChI is InChI=1S/C19H20FNO4S/c1-12-10-15(26-16(12)13-2-4-14(20)5-3-13)17(22)21-11-19(18(23)24)6-8-25-9-7-19/h2-5,10H,6-9,11H2,1H3,(H,21,22)(H,23,24). The number of rotatable bonds is 5. The summed E-state index contributed by atoms with van der Waals surface area (Å²) in [5.74, 6) is -1.51. The van der Waals surface area contributed by atoms with E-state index in [1.165, 1.54) is 23.5 Å². The summed E-state index contributed by atoms with van der Waals surface area (Å²) in [6.45, 7) is 2.74. The lowest BCUT2D eigenvalue weighted by molar-refractivity contribution is -0.154. The lowest BCUT2D eigenvalue weighted by Crippen LogP contribution is -2.46.